The highest BCUT2D eigenvalue weighted by Crippen LogP contribution is 1.94. The topological polar surface area (TPSA) is 152 Å². The molecule has 0 unspecified atom stereocenters. The van der Waals surface area contributed by atoms with Crippen LogP contribution in [0, 0.1) is 0 Å². The fourth-order valence-electron chi connectivity index (χ4n) is 1.20. The smallest absolute Gasteiger partial charge is 0.326 e. The summed E-state index contributed by atoms with van der Waals surface area (Å²) in [6, 6.07) is -1.31. The van der Waals surface area contributed by atoms with Crippen molar-refractivity contribution in [2.75, 3.05) is 6.61 Å². The molecule has 1 heterocycles. The van der Waals surface area contributed by atoms with Crippen molar-refractivity contribution in [2.45, 2.75) is 12.5 Å². The largest absolute Gasteiger partial charge is 0.480 e. The highest BCUT2D eigenvalue weighted by atomic mass is 16.4. The van der Waals surface area contributed by atoms with E-state index in [-0.39, 0.29) is 6.42 Å². The van der Waals surface area contributed by atoms with Crippen LogP contribution in [0.2, 0.25) is 0 Å². The quantitative estimate of drug-likeness (QED) is 0.397. The van der Waals surface area contributed by atoms with E-state index in [4.69, 9.17) is 10.2 Å². The number of aliphatic carboxylic acids is 1. The molecule has 1 atom stereocenters. The maximum absolute atomic E-state index is 11.6. The number of aliphatic hydroxyl groups excluding tert-OH is 1. The second-order valence-electron chi connectivity index (χ2n) is 3.36. The molecule has 1 aromatic heterocycles. The minimum absolute atomic E-state index is 0.192. The highest BCUT2D eigenvalue weighted by Gasteiger charge is 2.21. The van der Waals surface area contributed by atoms with Crippen molar-refractivity contribution in [3.63, 3.8) is 0 Å². The number of hydrogen-bond donors (Lipinski definition) is 5. The summed E-state index contributed by atoms with van der Waals surface area (Å²) in [6.07, 6.45) is 0.691. The van der Waals surface area contributed by atoms with Gasteiger partial charge in [0.2, 0.25) is 0 Å². The van der Waals surface area contributed by atoms with Gasteiger partial charge in [-0.25, -0.2) is 9.59 Å². The summed E-state index contributed by atoms with van der Waals surface area (Å²) < 4.78 is 0. The van der Waals surface area contributed by atoms with Crippen molar-refractivity contribution in [2.24, 2.45) is 0 Å². The third-order valence-corrected chi connectivity index (χ3v) is 2.09. The van der Waals surface area contributed by atoms with Gasteiger partial charge >= 0.3 is 11.7 Å². The zero-order chi connectivity index (χ0) is 13.7. The lowest BCUT2D eigenvalue weighted by molar-refractivity contribution is -0.139. The molecule has 9 heteroatoms. The first-order valence-electron chi connectivity index (χ1n) is 4.92. The molecule has 9 nitrogen and oxygen atoms in total. The van der Waals surface area contributed by atoms with E-state index >= 15 is 0 Å². The first-order valence-corrected chi connectivity index (χ1v) is 4.92. The summed E-state index contributed by atoms with van der Waals surface area (Å²) in [6.45, 7) is -0.431. The van der Waals surface area contributed by atoms with Gasteiger partial charge < -0.3 is 20.5 Å². The lowest BCUT2D eigenvalue weighted by atomic mass is 10.2. The van der Waals surface area contributed by atoms with Gasteiger partial charge in [0.25, 0.3) is 11.5 Å². The number of aliphatic hydroxyl groups is 1. The van der Waals surface area contributed by atoms with Gasteiger partial charge in [-0.2, -0.15) is 0 Å². The van der Waals surface area contributed by atoms with Crippen LogP contribution in [-0.2, 0) is 4.79 Å². The number of carbonyl (C=O) groups excluding carboxylic acids is 1. The predicted octanol–water partition coefficient (Wildman–Crippen LogP) is -2.37. The van der Waals surface area contributed by atoms with Gasteiger partial charge in [0.05, 0.1) is 0 Å². The molecule has 0 aromatic carbocycles. The number of nitrogens with one attached hydrogen (secondary N) is 3. The Hall–Kier alpha value is -2.42. The van der Waals surface area contributed by atoms with E-state index in [1.165, 1.54) is 0 Å². The highest BCUT2D eigenvalue weighted by molar-refractivity contribution is 5.95. The molecule has 1 rings (SSSR count). The van der Waals surface area contributed by atoms with Crippen LogP contribution in [0.3, 0.4) is 0 Å². The van der Waals surface area contributed by atoms with Crippen molar-refractivity contribution in [1.29, 1.82) is 0 Å². The lowest BCUT2D eigenvalue weighted by Crippen LogP contribution is -2.43. The maximum Gasteiger partial charge on any atom is 0.326 e. The van der Waals surface area contributed by atoms with Crippen molar-refractivity contribution in [3.8, 4) is 0 Å². The van der Waals surface area contributed by atoms with Gasteiger partial charge in [-0.05, 0) is 0 Å². The molecule has 0 spiro atoms. The Balaban J connectivity index is 2.90. The van der Waals surface area contributed by atoms with Crippen LogP contribution in [0.4, 0.5) is 0 Å². The number of H-pyrrole nitrogens is 2. The molecule has 0 saturated heterocycles. The fraction of sp³-hybridized carbons (Fsp3) is 0.333. The van der Waals surface area contributed by atoms with E-state index in [1.807, 2.05) is 4.98 Å². The number of hydrogen-bond acceptors (Lipinski definition) is 5. The van der Waals surface area contributed by atoms with E-state index in [0.717, 1.165) is 6.20 Å². The van der Waals surface area contributed by atoms with Gasteiger partial charge in [0.15, 0.2) is 0 Å². The zero-order valence-electron chi connectivity index (χ0n) is 9.10. The Morgan fingerprint density at radius 1 is 1.39 bits per heavy atom. The van der Waals surface area contributed by atoms with Crippen LogP contribution in [-0.4, -0.2) is 44.7 Å². The zero-order valence-corrected chi connectivity index (χ0v) is 9.10. The molecule has 0 saturated carbocycles. The average molecular weight is 257 g/mol. The summed E-state index contributed by atoms with van der Waals surface area (Å²) >= 11 is 0. The minimum Gasteiger partial charge on any atom is -0.480 e. The second-order valence-corrected chi connectivity index (χ2v) is 3.36. The Morgan fingerprint density at radius 2 is 2.06 bits per heavy atom. The van der Waals surface area contributed by atoms with Crippen molar-refractivity contribution in [3.05, 3.63) is 32.6 Å². The molecule has 0 bridgehead atoms. The SMILES string of the molecule is O=C(N[C@H](CCO)C(=O)O)c1c[nH]c(=O)[nH]c1=O. The van der Waals surface area contributed by atoms with Crippen LogP contribution in [0.25, 0.3) is 0 Å². The molecule has 0 aliphatic rings. The van der Waals surface area contributed by atoms with Gasteiger partial charge in [-0.3, -0.25) is 14.6 Å². The minimum atomic E-state index is -1.33. The molecule has 1 aromatic rings. The predicted molar refractivity (Wildman–Crippen MR) is 58.3 cm³/mol. The van der Waals surface area contributed by atoms with Crippen molar-refractivity contribution < 1.29 is 19.8 Å². The van der Waals surface area contributed by atoms with E-state index < -0.39 is 41.3 Å². The van der Waals surface area contributed by atoms with Crippen molar-refractivity contribution in [1.82, 2.24) is 15.3 Å². The van der Waals surface area contributed by atoms with Crippen molar-refractivity contribution >= 4 is 11.9 Å². The first kappa shape index (κ1) is 13.6. The molecule has 0 aliphatic heterocycles. The Labute approximate surface area is 99.5 Å². The van der Waals surface area contributed by atoms with E-state index in [9.17, 15) is 19.2 Å². The fourth-order valence-corrected chi connectivity index (χ4v) is 1.20. The lowest BCUT2D eigenvalue weighted by Gasteiger charge is -2.12. The molecule has 1 amide bonds. The summed E-state index contributed by atoms with van der Waals surface area (Å²) in [7, 11) is 0. The average Bonchev–Trinajstić information content (AvgIpc) is 2.27. The second kappa shape index (κ2) is 5.77. The monoisotopic (exact) mass is 257 g/mol. The van der Waals surface area contributed by atoms with Gasteiger partial charge in [0.1, 0.15) is 11.6 Å². The number of rotatable bonds is 5. The van der Waals surface area contributed by atoms with Gasteiger partial charge in [-0.15, -0.1) is 0 Å². The van der Waals surface area contributed by atoms with Crippen LogP contribution >= 0.6 is 0 Å². The number of carboxylic acids is 1. The van der Waals surface area contributed by atoms with Gasteiger partial charge in [0, 0.05) is 19.2 Å². The molecular weight excluding hydrogens is 246 g/mol. The summed E-state index contributed by atoms with van der Waals surface area (Å²) in [5.41, 5.74) is -2.12. The summed E-state index contributed by atoms with van der Waals surface area (Å²) in [5.74, 6) is -2.29. The Kier molecular flexibility index (Phi) is 4.38. The normalized spacial score (nSPS) is 11.8. The van der Waals surface area contributed by atoms with Crippen LogP contribution in [0.1, 0.15) is 16.8 Å². The van der Waals surface area contributed by atoms with E-state index in [1.54, 1.807) is 0 Å². The van der Waals surface area contributed by atoms with E-state index in [0.29, 0.717) is 0 Å². The van der Waals surface area contributed by atoms with Crippen LogP contribution in [0.15, 0.2) is 15.8 Å². The Bertz CT molecular complexity index is 560. The molecule has 0 aliphatic carbocycles. The number of carbonyl (C=O) groups is 2. The number of carboxylic acid groups (broad SMARTS) is 1. The molecule has 18 heavy (non-hydrogen) atoms. The standard InChI is InChI=1S/C9H11N3O6/c13-2-1-5(8(16)17)11-6(14)4-3-10-9(18)12-7(4)15/h3,5,13H,1-2H2,(H,11,14)(H,16,17)(H2,10,12,15,18)/t5-/m1/s1. The third-order valence-electron chi connectivity index (χ3n) is 2.09. The summed E-state index contributed by atoms with van der Waals surface area (Å²) in [5, 5.41) is 19.4. The molecule has 98 valence electrons. The van der Waals surface area contributed by atoms with Crippen LogP contribution < -0.4 is 16.6 Å². The number of aromatic nitrogens is 2. The van der Waals surface area contributed by atoms with E-state index in [2.05, 4.69) is 10.3 Å². The summed E-state index contributed by atoms with van der Waals surface area (Å²) in [4.78, 5) is 48.2. The first-order chi connectivity index (χ1) is 8.45. The molecule has 0 radical (unpaired) electrons. The Morgan fingerprint density at radius 3 is 2.56 bits per heavy atom. The van der Waals surface area contributed by atoms with Gasteiger partial charge in [-0.1, -0.05) is 0 Å². The maximum atomic E-state index is 11.6. The third kappa shape index (κ3) is 3.28. The molecule has 0 fully saturated rings. The number of amides is 1. The molecule has 5 N–H and O–H groups in total. The number of aromatic amines is 2. The molecular formula is C9H11N3O6. The van der Waals surface area contributed by atoms with Crippen LogP contribution in [0.5, 0.6) is 0 Å².